The van der Waals surface area contributed by atoms with Gasteiger partial charge in [-0.05, 0) is 74.3 Å². The Bertz CT molecular complexity index is 1570. The van der Waals surface area contributed by atoms with Crippen LogP contribution in [0.2, 0.25) is 0 Å². The summed E-state index contributed by atoms with van der Waals surface area (Å²) in [7, 11) is -4.02. The molecule has 1 saturated heterocycles. The zero-order valence-corrected chi connectivity index (χ0v) is 23.3. The molecule has 9 heteroatoms. The average molecular weight is 569 g/mol. The van der Waals surface area contributed by atoms with Crippen LogP contribution in [0.15, 0.2) is 71.6 Å². The Morgan fingerprint density at radius 2 is 1.80 bits per heavy atom. The number of likely N-dealkylation sites (tertiary alicyclic amines) is 1. The topological polar surface area (TPSA) is 81.2 Å². The minimum absolute atomic E-state index is 0.0533. The van der Waals surface area contributed by atoms with Crippen molar-refractivity contribution < 1.29 is 26.3 Å². The molecule has 3 heterocycles. The van der Waals surface area contributed by atoms with Crippen molar-refractivity contribution in [3.05, 3.63) is 89.2 Å². The summed E-state index contributed by atoms with van der Waals surface area (Å²) >= 11 is 0. The molecule has 3 aliphatic rings. The SMILES string of the molecule is Cc1ccc(S(=O)(=O)O)cc1.[2H]C([2H])([2H])N1CCN2c3c(cccc31)[C@@H]1CN(CCCC(=O)c3ccc(F)cc3)CC[C@@H]12. The lowest BCUT2D eigenvalue weighted by Gasteiger charge is -2.41. The van der Waals surface area contributed by atoms with Gasteiger partial charge in [0.25, 0.3) is 10.1 Å². The van der Waals surface area contributed by atoms with Gasteiger partial charge >= 0.3 is 0 Å². The fraction of sp³-hybridized carbons (Fsp3) is 0.387. The molecule has 40 heavy (non-hydrogen) atoms. The molecule has 212 valence electrons. The number of carbonyl (C=O) groups excluding carboxylic acids is 1. The van der Waals surface area contributed by atoms with Gasteiger partial charge in [0.15, 0.2) is 5.78 Å². The molecule has 1 N–H and O–H groups in total. The number of Topliss-reactive ketones (excluding diaryl/α,β-unsaturated/α-hetero) is 1. The van der Waals surface area contributed by atoms with E-state index in [1.54, 1.807) is 29.2 Å². The molecule has 0 amide bonds. The highest BCUT2D eigenvalue weighted by Gasteiger charge is 2.44. The second-order valence-electron chi connectivity index (χ2n) is 10.6. The number of nitrogens with zero attached hydrogens (tertiary/aromatic N) is 3. The Morgan fingerprint density at radius 3 is 2.50 bits per heavy atom. The fourth-order valence-corrected chi connectivity index (χ4v) is 6.47. The van der Waals surface area contributed by atoms with Gasteiger partial charge in [-0.1, -0.05) is 29.8 Å². The van der Waals surface area contributed by atoms with Gasteiger partial charge in [0, 0.05) is 61.2 Å². The lowest BCUT2D eigenvalue weighted by atomic mass is 9.89. The number of benzene rings is 3. The van der Waals surface area contributed by atoms with Crippen LogP contribution >= 0.6 is 0 Å². The maximum absolute atomic E-state index is 13.1. The molecule has 0 saturated carbocycles. The molecule has 0 radical (unpaired) electrons. The van der Waals surface area contributed by atoms with Crippen molar-refractivity contribution in [1.29, 1.82) is 0 Å². The van der Waals surface area contributed by atoms with Crippen molar-refractivity contribution in [3.8, 4) is 0 Å². The van der Waals surface area contributed by atoms with Crippen molar-refractivity contribution in [2.75, 3.05) is 49.5 Å². The van der Waals surface area contributed by atoms with Crippen molar-refractivity contribution in [2.45, 2.75) is 43.0 Å². The fourth-order valence-electron chi connectivity index (χ4n) is 5.99. The highest BCUT2D eigenvalue weighted by molar-refractivity contribution is 7.85. The summed E-state index contributed by atoms with van der Waals surface area (Å²) in [4.78, 5) is 18.8. The van der Waals surface area contributed by atoms with Crippen molar-refractivity contribution >= 4 is 27.3 Å². The predicted molar refractivity (Wildman–Crippen MR) is 156 cm³/mol. The highest BCUT2D eigenvalue weighted by Crippen LogP contribution is 2.50. The maximum atomic E-state index is 13.1. The first-order valence-electron chi connectivity index (χ1n) is 15.1. The van der Waals surface area contributed by atoms with Crippen molar-refractivity contribution in [2.24, 2.45) is 0 Å². The van der Waals surface area contributed by atoms with Crippen LogP contribution in [0.4, 0.5) is 15.8 Å². The van der Waals surface area contributed by atoms with Crippen LogP contribution in [0.5, 0.6) is 0 Å². The van der Waals surface area contributed by atoms with E-state index in [1.807, 2.05) is 19.1 Å². The smallest absolute Gasteiger partial charge is 0.294 e. The highest BCUT2D eigenvalue weighted by atomic mass is 32.2. The van der Waals surface area contributed by atoms with Gasteiger partial charge in [0.1, 0.15) is 5.82 Å². The molecule has 7 nitrogen and oxygen atoms in total. The van der Waals surface area contributed by atoms with E-state index in [-0.39, 0.29) is 16.5 Å². The van der Waals surface area contributed by atoms with Crippen LogP contribution < -0.4 is 9.80 Å². The molecule has 1 fully saturated rings. The molecule has 0 unspecified atom stereocenters. The number of halogens is 1. The molecule has 2 atom stereocenters. The first-order valence-corrected chi connectivity index (χ1v) is 15.0. The molecular weight excluding hydrogens is 529 g/mol. The Kier molecular flexibility index (Phi) is 7.16. The van der Waals surface area contributed by atoms with Crippen LogP contribution in [0.3, 0.4) is 0 Å². The third kappa shape index (κ3) is 6.06. The number of hydrogen-bond donors (Lipinski definition) is 1. The Hall–Kier alpha value is -3.27. The third-order valence-corrected chi connectivity index (χ3v) is 8.88. The quantitative estimate of drug-likeness (QED) is 0.325. The maximum Gasteiger partial charge on any atom is 0.294 e. The number of anilines is 2. The van der Waals surface area contributed by atoms with Gasteiger partial charge in [0.2, 0.25) is 0 Å². The summed E-state index contributed by atoms with van der Waals surface area (Å²) in [5.41, 5.74) is 4.72. The molecule has 3 aliphatic heterocycles. The summed E-state index contributed by atoms with van der Waals surface area (Å²) in [5.74, 6) is 0.0880. The Balaban J connectivity index is 0.000000283. The molecule has 0 spiro atoms. The molecule has 6 rings (SSSR count). The number of fused-ring (bicyclic) bond motifs is 3. The minimum atomic E-state index is -4.02. The second-order valence-corrected chi connectivity index (χ2v) is 12.1. The second kappa shape index (κ2) is 11.7. The largest absolute Gasteiger partial charge is 0.371 e. The summed E-state index contributed by atoms with van der Waals surface area (Å²) < 4.78 is 66.4. The third-order valence-electron chi connectivity index (χ3n) is 8.01. The van der Waals surface area contributed by atoms with E-state index in [0.717, 1.165) is 56.0 Å². The lowest BCUT2D eigenvalue weighted by molar-refractivity contribution is 0.0971. The van der Waals surface area contributed by atoms with Crippen LogP contribution in [0.1, 0.15) is 50.8 Å². The molecule has 3 aromatic rings. The molecule has 3 aromatic carbocycles. The number of carbonyl (C=O) groups is 1. The normalized spacial score (nSPS) is 21.3. The van der Waals surface area contributed by atoms with E-state index < -0.39 is 17.1 Å². The van der Waals surface area contributed by atoms with Crippen molar-refractivity contribution in [3.63, 3.8) is 0 Å². The number of likely N-dealkylation sites (N-methyl/N-ethyl adjacent to an activating group) is 1. The number of hydrogen-bond acceptors (Lipinski definition) is 6. The van der Waals surface area contributed by atoms with Gasteiger partial charge in [-0.3, -0.25) is 9.35 Å². The first kappa shape index (κ1) is 24.5. The number of para-hydroxylation sites is 1. The van der Waals surface area contributed by atoms with Gasteiger partial charge in [-0.15, -0.1) is 0 Å². The molecule has 0 bridgehead atoms. The van der Waals surface area contributed by atoms with Gasteiger partial charge in [-0.2, -0.15) is 8.42 Å². The number of ketones is 1. The minimum Gasteiger partial charge on any atom is -0.371 e. The Labute approximate surface area is 240 Å². The van der Waals surface area contributed by atoms with Gasteiger partial charge in [-0.25, -0.2) is 4.39 Å². The summed E-state index contributed by atoms with van der Waals surface area (Å²) in [5, 5.41) is 0. The standard InChI is InChI=1S/C24H28FN3O.C7H8O3S/c1-26-14-15-28-21-11-13-27(16-20(21)19-4-2-5-22(26)24(19)28)12-3-6-23(29)17-7-9-18(25)10-8-17;1-6-2-4-7(5-3-6)11(8,9)10/h2,4-5,7-10,20-21H,3,6,11-16H2,1H3;2-5H,1H3,(H,8,9,10)/t20-,21-;/m0./s1/i1D3;. The number of piperidine rings is 1. The van der Waals surface area contributed by atoms with Crippen LogP contribution in [-0.4, -0.2) is 69.4 Å². The van der Waals surface area contributed by atoms with Crippen molar-refractivity contribution in [1.82, 2.24) is 4.90 Å². The zero-order chi connectivity index (χ0) is 30.9. The molecule has 0 aromatic heterocycles. The van der Waals surface area contributed by atoms with Crippen LogP contribution in [-0.2, 0) is 10.1 Å². The monoisotopic (exact) mass is 568 g/mol. The lowest BCUT2D eigenvalue weighted by Crippen LogP contribution is -2.49. The average Bonchev–Trinajstić information content (AvgIpc) is 3.27. The van der Waals surface area contributed by atoms with Gasteiger partial charge < -0.3 is 14.7 Å². The molecule has 0 aliphatic carbocycles. The van der Waals surface area contributed by atoms with E-state index in [9.17, 15) is 17.6 Å². The summed E-state index contributed by atoms with van der Waals surface area (Å²) in [6.07, 6.45) is 2.27. The van der Waals surface area contributed by atoms with Crippen LogP contribution in [0, 0.1) is 12.7 Å². The van der Waals surface area contributed by atoms with Crippen LogP contribution in [0.25, 0.3) is 0 Å². The summed E-state index contributed by atoms with van der Waals surface area (Å²) in [6.45, 7) is 3.74. The van der Waals surface area contributed by atoms with E-state index in [1.165, 1.54) is 29.8 Å². The number of rotatable bonds is 6. The van der Waals surface area contributed by atoms with Gasteiger partial charge in [0.05, 0.1) is 16.3 Å². The predicted octanol–water partition coefficient (Wildman–Crippen LogP) is 5.16. The zero-order valence-electron chi connectivity index (χ0n) is 25.5. The summed E-state index contributed by atoms with van der Waals surface area (Å²) in [6, 6.07) is 18.2. The molecular formula is C31H36FN3O4S. The van der Waals surface area contributed by atoms with E-state index >= 15 is 0 Å². The number of aryl methyl sites for hydroxylation is 1. The Morgan fingerprint density at radius 1 is 1.05 bits per heavy atom. The first-order chi connectivity index (χ1) is 20.3. The van der Waals surface area contributed by atoms with E-state index in [0.29, 0.717) is 30.5 Å². The van der Waals surface area contributed by atoms with E-state index in [2.05, 4.69) is 15.9 Å². The van der Waals surface area contributed by atoms with E-state index in [4.69, 9.17) is 8.67 Å².